The summed E-state index contributed by atoms with van der Waals surface area (Å²) in [6.07, 6.45) is 3.71. The van der Waals surface area contributed by atoms with Crippen molar-refractivity contribution in [3.05, 3.63) is 139 Å². The lowest BCUT2D eigenvalue weighted by atomic mass is 9.79. The number of phenols is 1. The van der Waals surface area contributed by atoms with Gasteiger partial charge in [0.2, 0.25) is 0 Å². The highest BCUT2D eigenvalue weighted by Gasteiger charge is 2.28. The zero-order chi connectivity index (χ0) is 33.6. The van der Waals surface area contributed by atoms with E-state index in [1.165, 1.54) is 0 Å². The Hall–Kier alpha value is -5.55. The molecule has 0 atom stereocenters. The number of aromatic hydroxyl groups is 1. The van der Waals surface area contributed by atoms with Gasteiger partial charge in [-0.1, -0.05) is 114 Å². The fourth-order valence-corrected chi connectivity index (χ4v) is 6.27. The van der Waals surface area contributed by atoms with E-state index in [9.17, 15) is 5.11 Å². The summed E-state index contributed by atoms with van der Waals surface area (Å²) >= 11 is 0. The van der Waals surface area contributed by atoms with E-state index >= 15 is 0 Å². The van der Waals surface area contributed by atoms with Crippen molar-refractivity contribution in [3.8, 4) is 56.5 Å². The number of para-hydroxylation sites is 1. The number of rotatable bonds is 5. The van der Waals surface area contributed by atoms with Crippen LogP contribution in [-0.2, 0) is 10.8 Å². The van der Waals surface area contributed by atoms with Crippen LogP contribution in [0, 0.1) is 0 Å². The van der Waals surface area contributed by atoms with E-state index in [-0.39, 0.29) is 16.6 Å². The summed E-state index contributed by atoms with van der Waals surface area (Å²) in [5.41, 5.74) is 10.8. The van der Waals surface area contributed by atoms with Crippen LogP contribution >= 0.6 is 0 Å². The lowest BCUT2D eigenvalue weighted by Gasteiger charge is -2.27. The smallest absolute Gasteiger partial charge is 0.149 e. The molecule has 48 heavy (non-hydrogen) atoms. The molecule has 0 saturated carbocycles. The van der Waals surface area contributed by atoms with Gasteiger partial charge in [-0.25, -0.2) is 4.98 Å². The Morgan fingerprint density at radius 3 is 1.96 bits per heavy atom. The number of hydrogen-bond donors (Lipinski definition) is 1. The number of fused-ring (bicyclic) bond motifs is 1. The summed E-state index contributed by atoms with van der Waals surface area (Å²) in [4.78, 5) is 14.9. The number of hydrogen-bond acceptors (Lipinski definition) is 4. The summed E-state index contributed by atoms with van der Waals surface area (Å²) in [7, 11) is 0. The summed E-state index contributed by atoms with van der Waals surface area (Å²) in [6.45, 7) is 13.0. The standard InChI is InChI=1S/C43H40N4O/c1-42(2,3)32-26-34(40(48)35(27-32)43(4,5)6)41-46-39-37(47(41)33-18-11-8-12-19-33)21-23-45-38(39)31-17-13-16-30(24-31)36-25-29(20-22-44-36)28-14-9-7-10-15-28/h7-27,48H,1-6H3. The molecule has 5 nitrogen and oxygen atoms in total. The summed E-state index contributed by atoms with van der Waals surface area (Å²) < 4.78 is 2.14. The van der Waals surface area contributed by atoms with E-state index in [2.05, 4.69) is 107 Å². The van der Waals surface area contributed by atoms with Gasteiger partial charge in [0.25, 0.3) is 0 Å². The Kier molecular flexibility index (Phi) is 7.71. The highest BCUT2D eigenvalue weighted by molar-refractivity contribution is 5.94. The summed E-state index contributed by atoms with van der Waals surface area (Å²) in [6, 6.07) is 39.3. The molecule has 7 rings (SSSR count). The van der Waals surface area contributed by atoms with Crippen LogP contribution in [0.5, 0.6) is 5.75 Å². The van der Waals surface area contributed by atoms with Gasteiger partial charge in [-0.15, -0.1) is 0 Å². The quantitative estimate of drug-likeness (QED) is 0.206. The van der Waals surface area contributed by atoms with Crippen LogP contribution in [-0.4, -0.2) is 24.6 Å². The van der Waals surface area contributed by atoms with Crippen LogP contribution in [0.15, 0.2) is 128 Å². The van der Waals surface area contributed by atoms with Crippen molar-refractivity contribution >= 4 is 11.0 Å². The van der Waals surface area contributed by atoms with Gasteiger partial charge < -0.3 is 5.11 Å². The topological polar surface area (TPSA) is 63.8 Å². The molecule has 0 amide bonds. The SMILES string of the molecule is CC(C)(C)c1cc(-c2nc3c(-c4cccc(-c5cc(-c6ccccc6)ccn5)c4)nccc3n2-c2ccccc2)c(O)c(C(C)(C)C)c1. The minimum atomic E-state index is -0.275. The van der Waals surface area contributed by atoms with Crippen LogP contribution in [0.1, 0.15) is 52.7 Å². The van der Waals surface area contributed by atoms with Gasteiger partial charge in [0.15, 0.2) is 0 Å². The van der Waals surface area contributed by atoms with Gasteiger partial charge in [-0.2, -0.15) is 0 Å². The molecule has 0 bridgehead atoms. The Morgan fingerprint density at radius 2 is 1.25 bits per heavy atom. The summed E-state index contributed by atoms with van der Waals surface area (Å²) in [5.74, 6) is 0.928. The maximum Gasteiger partial charge on any atom is 0.149 e. The van der Waals surface area contributed by atoms with Gasteiger partial charge in [0.1, 0.15) is 17.1 Å². The molecule has 7 aromatic rings. The predicted molar refractivity (Wildman–Crippen MR) is 197 cm³/mol. The number of pyridine rings is 2. The van der Waals surface area contributed by atoms with Crippen LogP contribution in [0.2, 0.25) is 0 Å². The molecule has 0 aliphatic heterocycles. The van der Waals surface area contributed by atoms with Gasteiger partial charge in [0, 0.05) is 34.8 Å². The second-order valence-electron chi connectivity index (χ2n) is 14.4. The van der Waals surface area contributed by atoms with Crippen LogP contribution in [0.25, 0.3) is 61.8 Å². The zero-order valence-electron chi connectivity index (χ0n) is 28.4. The largest absolute Gasteiger partial charge is 0.507 e. The Balaban J connectivity index is 1.45. The molecule has 3 heterocycles. The Bertz CT molecular complexity index is 2260. The van der Waals surface area contributed by atoms with Gasteiger partial charge in [-0.3, -0.25) is 14.5 Å². The molecule has 0 aliphatic carbocycles. The van der Waals surface area contributed by atoms with Crippen LogP contribution < -0.4 is 0 Å². The molecule has 0 unspecified atom stereocenters. The predicted octanol–water partition coefficient (Wildman–Crippen LogP) is 10.8. The van der Waals surface area contributed by atoms with E-state index in [1.807, 2.05) is 67.0 Å². The summed E-state index contributed by atoms with van der Waals surface area (Å²) in [5, 5.41) is 11.9. The highest BCUT2D eigenvalue weighted by atomic mass is 16.3. The zero-order valence-corrected chi connectivity index (χ0v) is 28.4. The van der Waals surface area contributed by atoms with Crippen molar-refractivity contribution in [2.75, 3.05) is 0 Å². The average Bonchev–Trinajstić information content (AvgIpc) is 3.48. The van der Waals surface area contributed by atoms with E-state index in [4.69, 9.17) is 15.0 Å². The molecule has 4 aromatic carbocycles. The first-order chi connectivity index (χ1) is 23.0. The molecular formula is C43H40N4O. The molecule has 0 fully saturated rings. The highest BCUT2D eigenvalue weighted by Crippen LogP contribution is 2.44. The second-order valence-corrected chi connectivity index (χ2v) is 14.4. The van der Waals surface area contributed by atoms with Gasteiger partial charge in [0.05, 0.1) is 22.5 Å². The maximum atomic E-state index is 11.9. The second kappa shape index (κ2) is 11.9. The number of phenolic OH excluding ortho intramolecular Hbond substituents is 1. The third-order valence-corrected chi connectivity index (χ3v) is 8.91. The average molecular weight is 629 g/mol. The number of imidazole rings is 1. The van der Waals surface area contributed by atoms with Crippen LogP contribution in [0.4, 0.5) is 0 Å². The molecule has 0 spiro atoms. The first-order valence-electron chi connectivity index (χ1n) is 16.4. The lowest BCUT2D eigenvalue weighted by molar-refractivity contribution is 0.446. The van der Waals surface area contributed by atoms with E-state index < -0.39 is 0 Å². The van der Waals surface area contributed by atoms with E-state index in [0.29, 0.717) is 11.4 Å². The third kappa shape index (κ3) is 5.77. The normalized spacial score (nSPS) is 12.0. The van der Waals surface area contributed by atoms with Crippen molar-refractivity contribution in [3.63, 3.8) is 0 Å². The minimum absolute atomic E-state index is 0.134. The molecule has 0 radical (unpaired) electrons. The molecule has 0 aliphatic rings. The lowest BCUT2D eigenvalue weighted by Crippen LogP contribution is -2.17. The van der Waals surface area contributed by atoms with Crippen molar-refractivity contribution in [2.24, 2.45) is 0 Å². The van der Waals surface area contributed by atoms with Crippen molar-refractivity contribution in [2.45, 2.75) is 52.4 Å². The maximum absolute atomic E-state index is 11.9. The number of nitrogens with zero attached hydrogens (tertiary/aromatic N) is 4. The van der Waals surface area contributed by atoms with Crippen molar-refractivity contribution in [1.82, 2.24) is 19.5 Å². The Labute approximate surface area is 282 Å². The fourth-order valence-electron chi connectivity index (χ4n) is 6.27. The third-order valence-electron chi connectivity index (χ3n) is 8.91. The number of aromatic nitrogens is 4. The monoisotopic (exact) mass is 628 g/mol. The molecule has 5 heteroatoms. The van der Waals surface area contributed by atoms with E-state index in [1.54, 1.807) is 0 Å². The molecular weight excluding hydrogens is 589 g/mol. The van der Waals surface area contributed by atoms with Gasteiger partial charge in [-0.05, 0) is 70.0 Å². The minimum Gasteiger partial charge on any atom is -0.507 e. The molecule has 238 valence electrons. The van der Waals surface area contributed by atoms with E-state index in [0.717, 1.165) is 61.5 Å². The van der Waals surface area contributed by atoms with Crippen molar-refractivity contribution in [1.29, 1.82) is 0 Å². The number of benzene rings is 4. The Morgan fingerprint density at radius 1 is 0.583 bits per heavy atom. The molecule has 0 saturated heterocycles. The first-order valence-corrected chi connectivity index (χ1v) is 16.4. The first kappa shape index (κ1) is 31.1. The molecule has 1 N–H and O–H groups in total. The van der Waals surface area contributed by atoms with Crippen LogP contribution in [0.3, 0.4) is 0 Å². The fraction of sp³-hybridized carbons (Fsp3) is 0.186. The van der Waals surface area contributed by atoms with Gasteiger partial charge >= 0.3 is 0 Å². The van der Waals surface area contributed by atoms with Crippen molar-refractivity contribution < 1.29 is 5.11 Å². The molecule has 3 aromatic heterocycles.